The van der Waals surface area contributed by atoms with Crippen LogP contribution in [0.3, 0.4) is 0 Å². The molecular weight excluding hydrogens is 218 g/mol. The highest BCUT2D eigenvalue weighted by Crippen LogP contribution is 2.20. The van der Waals surface area contributed by atoms with E-state index in [-0.39, 0.29) is 2.85 Å². The highest BCUT2D eigenvalue weighted by atomic mass is 14.8. The van der Waals surface area contributed by atoms with Crippen molar-refractivity contribution in [2.45, 2.75) is 85.5 Å². The SMILES string of the molecule is CCCCCCC(C)CC(C)CCNCCCC.[HH].[HH]. The zero-order valence-corrected chi connectivity index (χ0v) is 13.4. The molecule has 0 amide bonds. The highest BCUT2D eigenvalue weighted by molar-refractivity contribution is 4.62. The van der Waals surface area contributed by atoms with Crippen LogP contribution in [0.1, 0.15) is 88.3 Å². The van der Waals surface area contributed by atoms with E-state index in [0.29, 0.717) is 0 Å². The summed E-state index contributed by atoms with van der Waals surface area (Å²) in [4.78, 5) is 0. The third-order valence-electron chi connectivity index (χ3n) is 3.88. The second-order valence-corrected chi connectivity index (χ2v) is 6.19. The molecule has 2 unspecified atom stereocenters. The summed E-state index contributed by atoms with van der Waals surface area (Å²) < 4.78 is 0. The van der Waals surface area contributed by atoms with Gasteiger partial charge in [-0.15, -0.1) is 0 Å². The molecule has 0 saturated carbocycles. The van der Waals surface area contributed by atoms with E-state index in [1.165, 1.54) is 70.9 Å². The predicted octanol–water partition coefficient (Wildman–Crippen LogP) is 5.89. The molecule has 1 nitrogen and oxygen atoms in total. The van der Waals surface area contributed by atoms with Crippen molar-refractivity contribution in [3.05, 3.63) is 0 Å². The fraction of sp³-hybridized carbons (Fsp3) is 1.00. The number of hydrogen-bond donors (Lipinski definition) is 1. The molecule has 0 spiro atoms. The minimum absolute atomic E-state index is 0. The molecule has 0 saturated heterocycles. The van der Waals surface area contributed by atoms with E-state index in [9.17, 15) is 0 Å². The molecule has 0 fully saturated rings. The van der Waals surface area contributed by atoms with Crippen molar-refractivity contribution in [1.82, 2.24) is 5.32 Å². The van der Waals surface area contributed by atoms with Gasteiger partial charge in [0.1, 0.15) is 0 Å². The Morgan fingerprint density at radius 2 is 1.44 bits per heavy atom. The molecule has 0 aliphatic carbocycles. The van der Waals surface area contributed by atoms with Gasteiger partial charge in [-0.25, -0.2) is 0 Å². The van der Waals surface area contributed by atoms with Crippen molar-refractivity contribution in [2.24, 2.45) is 11.8 Å². The molecular formula is C17H41N. The van der Waals surface area contributed by atoms with Crippen molar-refractivity contribution in [3.8, 4) is 0 Å². The van der Waals surface area contributed by atoms with Crippen LogP contribution in [0.4, 0.5) is 0 Å². The first-order valence-corrected chi connectivity index (χ1v) is 8.41. The van der Waals surface area contributed by atoms with Crippen molar-refractivity contribution < 1.29 is 2.85 Å². The molecule has 0 aromatic rings. The van der Waals surface area contributed by atoms with Crippen molar-refractivity contribution in [3.63, 3.8) is 0 Å². The largest absolute Gasteiger partial charge is 0.317 e. The van der Waals surface area contributed by atoms with Crippen LogP contribution in [0.2, 0.25) is 0 Å². The van der Waals surface area contributed by atoms with Crippen LogP contribution in [-0.4, -0.2) is 13.1 Å². The molecule has 18 heavy (non-hydrogen) atoms. The summed E-state index contributed by atoms with van der Waals surface area (Å²) in [6.07, 6.45) is 12.5. The van der Waals surface area contributed by atoms with E-state index in [0.717, 1.165) is 11.8 Å². The molecule has 0 aromatic carbocycles. The maximum absolute atomic E-state index is 3.55. The van der Waals surface area contributed by atoms with Gasteiger partial charge in [0.05, 0.1) is 0 Å². The van der Waals surface area contributed by atoms with Gasteiger partial charge in [-0.3, -0.25) is 0 Å². The normalized spacial score (nSPS) is 14.7. The quantitative estimate of drug-likeness (QED) is 0.407. The second kappa shape index (κ2) is 13.4. The van der Waals surface area contributed by atoms with Crippen LogP contribution in [-0.2, 0) is 0 Å². The fourth-order valence-electron chi connectivity index (χ4n) is 2.62. The van der Waals surface area contributed by atoms with Gasteiger partial charge in [0.15, 0.2) is 0 Å². The van der Waals surface area contributed by atoms with Gasteiger partial charge in [-0.2, -0.15) is 0 Å². The predicted molar refractivity (Wildman–Crippen MR) is 88.3 cm³/mol. The summed E-state index contributed by atoms with van der Waals surface area (Å²) in [5.74, 6) is 1.81. The number of unbranched alkanes of at least 4 members (excludes halogenated alkanes) is 4. The third-order valence-corrected chi connectivity index (χ3v) is 3.88. The lowest BCUT2D eigenvalue weighted by atomic mass is 9.91. The Kier molecular flexibility index (Phi) is 13.4. The maximum atomic E-state index is 3.55. The van der Waals surface area contributed by atoms with Crippen LogP contribution in [0, 0.1) is 11.8 Å². The molecule has 114 valence electrons. The van der Waals surface area contributed by atoms with E-state index < -0.39 is 0 Å². The van der Waals surface area contributed by atoms with Gasteiger partial charge in [0.25, 0.3) is 0 Å². The molecule has 0 aliphatic rings. The zero-order chi connectivity index (χ0) is 13.6. The molecule has 0 aliphatic heterocycles. The Hall–Kier alpha value is -0.0400. The second-order valence-electron chi connectivity index (χ2n) is 6.19. The highest BCUT2D eigenvalue weighted by Gasteiger charge is 2.08. The minimum Gasteiger partial charge on any atom is -0.317 e. The molecule has 1 N–H and O–H groups in total. The molecule has 0 radical (unpaired) electrons. The van der Waals surface area contributed by atoms with Gasteiger partial charge >= 0.3 is 0 Å². The molecule has 0 bridgehead atoms. The lowest BCUT2D eigenvalue weighted by Crippen LogP contribution is -2.19. The standard InChI is InChI=1S/C17H37N.2H2/c1-5-7-9-10-11-16(3)15-17(4)12-14-18-13-8-6-2;;/h16-18H,5-15H2,1-4H3;2*1H. The Labute approximate surface area is 119 Å². The summed E-state index contributed by atoms with van der Waals surface area (Å²) in [7, 11) is 0. The lowest BCUT2D eigenvalue weighted by molar-refractivity contribution is 0.362. The summed E-state index contributed by atoms with van der Waals surface area (Å²) in [5.41, 5.74) is 0. The Morgan fingerprint density at radius 1 is 0.778 bits per heavy atom. The first-order chi connectivity index (χ1) is 8.70. The number of rotatable bonds is 13. The summed E-state index contributed by atoms with van der Waals surface area (Å²) >= 11 is 0. The van der Waals surface area contributed by atoms with Crippen molar-refractivity contribution in [2.75, 3.05) is 13.1 Å². The summed E-state index contributed by atoms with van der Waals surface area (Å²) in [5, 5.41) is 3.55. The van der Waals surface area contributed by atoms with Gasteiger partial charge in [-0.1, -0.05) is 66.2 Å². The first kappa shape index (κ1) is 18.0. The van der Waals surface area contributed by atoms with E-state index >= 15 is 0 Å². The monoisotopic (exact) mass is 259 g/mol. The van der Waals surface area contributed by atoms with E-state index in [2.05, 4.69) is 33.0 Å². The molecule has 2 atom stereocenters. The lowest BCUT2D eigenvalue weighted by Gasteiger charge is -2.17. The summed E-state index contributed by atoms with van der Waals surface area (Å²) in [6.45, 7) is 11.8. The molecule has 0 heterocycles. The average Bonchev–Trinajstić information content (AvgIpc) is 2.34. The van der Waals surface area contributed by atoms with Crippen LogP contribution >= 0.6 is 0 Å². The topological polar surface area (TPSA) is 12.0 Å². The number of nitrogens with one attached hydrogen (secondary N) is 1. The Balaban J connectivity index is -0.00000144. The zero-order valence-electron chi connectivity index (χ0n) is 13.4. The summed E-state index contributed by atoms with van der Waals surface area (Å²) in [6, 6.07) is 0. The van der Waals surface area contributed by atoms with Crippen LogP contribution < -0.4 is 5.32 Å². The minimum atomic E-state index is 0. The molecule has 0 rings (SSSR count). The number of hydrogen-bond acceptors (Lipinski definition) is 1. The van der Waals surface area contributed by atoms with Crippen molar-refractivity contribution >= 4 is 0 Å². The van der Waals surface area contributed by atoms with Gasteiger partial charge in [0, 0.05) is 2.85 Å². The molecule has 1 heteroatoms. The average molecular weight is 260 g/mol. The van der Waals surface area contributed by atoms with E-state index in [1.54, 1.807) is 0 Å². The fourth-order valence-corrected chi connectivity index (χ4v) is 2.62. The van der Waals surface area contributed by atoms with E-state index in [4.69, 9.17) is 0 Å². The maximum Gasteiger partial charge on any atom is 0 e. The molecule has 0 aromatic heterocycles. The van der Waals surface area contributed by atoms with Crippen LogP contribution in [0.15, 0.2) is 0 Å². The Bertz CT molecular complexity index is 165. The Morgan fingerprint density at radius 3 is 2.11 bits per heavy atom. The van der Waals surface area contributed by atoms with E-state index in [1.807, 2.05) is 0 Å². The third kappa shape index (κ3) is 12.4. The van der Waals surface area contributed by atoms with Crippen LogP contribution in [0.25, 0.3) is 0 Å². The van der Waals surface area contributed by atoms with Gasteiger partial charge < -0.3 is 5.32 Å². The smallest absolute Gasteiger partial charge is 0 e. The van der Waals surface area contributed by atoms with Crippen LogP contribution in [0.5, 0.6) is 0 Å². The van der Waals surface area contributed by atoms with Crippen molar-refractivity contribution in [1.29, 1.82) is 0 Å². The van der Waals surface area contributed by atoms with Gasteiger partial charge in [-0.05, 0) is 44.2 Å². The van der Waals surface area contributed by atoms with Gasteiger partial charge in [0.2, 0.25) is 0 Å². The first-order valence-electron chi connectivity index (χ1n) is 8.41.